The van der Waals surface area contributed by atoms with Crippen molar-refractivity contribution in [2.45, 2.75) is 20.8 Å². The molecule has 0 unspecified atom stereocenters. The Balaban J connectivity index is 2.32. The number of rotatable bonds is 2. The SMILES string of the molecule is Cc1cc(C(=O)Nc2c(C)cc(Br)cc2N)c(C)o1. The molecule has 0 fully saturated rings. The number of hydrogen-bond acceptors (Lipinski definition) is 3. The molecule has 1 aromatic carbocycles. The van der Waals surface area contributed by atoms with Gasteiger partial charge in [0.05, 0.1) is 16.9 Å². The van der Waals surface area contributed by atoms with Gasteiger partial charge in [-0.1, -0.05) is 15.9 Å². The number of furan rings is 1. The number of benzene rings is 1. The molecule has 0 aliphatic rings. The Morgan fingerprint density at radius 3 is 2.47 bits per heavy atom. The minimum Gasteiger partial charge on any atom is -0.466 e. The molecule has 0 saturated heterocycles. The zero-order valence-electron chi connectivity index (χ0n) is 11.0. The number of carbonyl (C=O) groups excluding carboxylic acids is 1. The highest BCUT2D eigenvalue weighted by Crippen LogP contribution is 2.28. The van der Waals surface area contributed by atoms with Crippen molar-refractivity contribution in [1.82, 2.24) is 0 Å². The standard InChI is InChI=1S/C14H15BrN2O2/c1-7-4-10(15)6-12(16)13(7)17-14(18)11-5-8(2)19-9(11)3/h4-6H,16H2,1-3H3,(H,17,18). The third-order valence-electron chi connectivity index (χ3n) is 2.85. The van der Waals surface area contributed by atoms with Crippen LogP contribution in [0.5, 0.6) is 0 Å². The van der Waals surface area contributed by atoms with E-state index in [-0.39, 0.29) is 5.91 Å². The van der Waals surface area contributed by atoms with Crippen molar-refractivity contribution in [1.29, 1.82) is 0 Å². The highest BCUT2D eigenvalue weighted by atomic mass is 79.9. The van der Waals surface area contributed by atoms with Gasteiger partial charge in [-0.15, -0.1) is 0 Å². The molecule has 0 radical (unpaired) electrons. The van der Waals surface area contributed by atoms with Gasteiger partial charge in [0.15, 0.2) is 0 Å². The van der Waals surface area contributed by atoms with Crippen molar-refractivity contribution in [3.63, 3.8) is 0 Å². The smallest absolute Gasteiger partial charge is 0.259 e. The molecule has 1 heterocycles. The molecule has 1 aromatic heterocycles. The number of nitrogen functional groups attached to an aromatic ring is 1. The third kappa shape index (κ3) is 2.81. The second kappa shape index (κ2) is 5.09. The Hall–Kier alpha value is -1.75. The molecule has 0 spiro atoms. The van der Waals surface area contributed by atoms with Gasteiger partial charge in [-0.2, -0.15) is 0 Å². The first kappa shape index (κ1) is 13.7. The fourth-order valence-corrected chi connectivity index (χ4v) is 2.57. The van der Waals surface area contributed by atoms with E-state index in [4.69, 9.17) is 10.2 Å². The summed E-state index contributed by atoms with van der Waals surface area (Å²) in [5, 5.41) is 2.83. The molecule has 0 aliphatic heterocycles. The van der Waals surface area contributed by atoms with Crippen LogP contribution in [-0.2, 0) is 0 Å². The van der Waals surface area contributed by atoms with E-state index in [2.05, 4.69) is 21.2 Å². The molecular weight excluding hydrogens is 308 g/mol. The van der Waals surface area contributed by atoms with Crippen molar-refractivity contribution < 1.29 is 9.21 Å². The van der Waals surface area contributed by atoms with Gasteiger partial charge in [0.25, 0.3) is 5.91 Å². The lowest BCUT2D eigenvalue weighted by molar-refractivity contribution is 0.102. The molecule has 5 heteroatoms. The average molecular weight is 323 g/mol. The van der Waals surface area contributed by atoms with Crippen molar-refractivity contribution in [3.05, 3.63) is 45.3 Å². The molecule has 4 nitrogen and oxygen atoms in total. The zero-order valence-corrected chi connectivity index (χ0v) is 12.6. The Kier molecular flexibility index (Phi) is 3.66. The summed E-state index contributed by atoms with van der Waals surface area (Å²) in [6.07, 6.45) is 0. The minimum absolute atomic E-state index is 0.216. The van der Waals surface area contributed by atoms with Crippen LogP contribution < -0.4 is 11.1 Å². The molecule has 3 N–H and O–H groups in total. The molecule has 100 valence electrons. The van der Waals surface area contributed by atoms with Crippen molar-refractivity contribution in [2.24, 2.45) is 0 Å². The van der Waals surface area contributed by atoms with Crippen molar-refractivity contribution >= 4 is 33.2 Å². The molecular formula is C14H15BrN2O2. The van der Waals surface area contributed by atoms with Gasteiger partial charge in [0, 0.05) is 4.47 Å². The average Bonchev–Trinajstić information content (AvgIpc) is 2.62. The summed E-state index contributed by atoms with van der Waals surface area (Å²) in [5.74, 6) is 1.10. The number of nitrogens with two attached hydrogens (primary N) is 1. The molecule has 2 rings (SSSR count). The van der Waals surface area contributed by atoms with Crippen molar-refractivity contribution in [3.8, 4) is 0 Å². The number of anilines is 2. The van der Waals surface area contributed by atoms with Crippen LogP contribution in [0, 0.1) is 20.8 Å². The predicted octanol–water partition coefficient (Wildman–Crippen LogP) is 3.80. The Labute approximate surface area is 120 Å². The number of aryl methyl sites for hydroxylation is 3. The summed E-state index contributed by atoms with van der Waals surface area (Å²) >= 11 is 3.37. The minimum atomic E-state index is -0.216. The van der Waals surface area contributed by atoms with Gasteiger partial charge in [-0.3, -0.25) is 4.79 Å². The van der Waals surface area contributed by atoms with E-state index in [1.165, 1.54) is 0 Å². The highest BCUT2D eigenvalue weighted by Gasteiger charge is 2.16. The monoisotopic (exact) mass is 322 g/mol. The van der Waals surface area contributed by atoms with Crippen molar-refractivity contribution in [2.75, 3.05) is 11.1 Å². The van der Waals surface area contributed by atoms with E-state index >= 15 is 0 Å². The fraction of sp³-hybridized carbons (Fsp3) is 0.214. The second-order valence-corrected chi connectivity index (χ2v) is 5.38. The molecule has 2 aromatic rings. The quantitative estimate of drug-likeness (QED) is 0.826. The van der Waals surface area contributed by atoms with Crippen LogP contribution in [0.4, 0.5) is 11.4 Å². The summed E-state index contributed by atoms with van der Waals surface area (Å²) in [5.41, 5.74) is 8.51. The number of halogens is 1. The zero-order chi connectivity index (χ0) is 14.2. The van der Waals surface area contributed by atoms with Gasteiger partial charge in [-0.05, 0) is 44.5 Å². The molecule has 0 atom stereocenters. The molecule has 19 heavy (non-hydrogen) atoms. The highest BCUT2D eigenvalue weighted by molar-refractivity contribution is 9.10. The largest absolute Gasteiger partial charge is 0.466 e. The summed E-state index contributed by atoms with van der Waals surface area (Å²) in [4.78, 5) is 12.2. The fourth-order valence-electron chi connectivity index (χ4n) is 1.98. The van der Waals surface area contributed by atoms with Gasteiger partial charge in [0.2, 0.25) is 0 Å². The van der Waals surface area contributed by atoms with Crippen LogP contribution in [-0.4, -0.2) is 5.91 Å². The van der Waals surface area contributed by atoms with Crippen LogP contribution in [0.1, 0.15) is 27.4 Å². The summed E-state index contributed by atoms with van der Waals surface area (Å²) in [7, 11) is 0. The maximum absolute atomic E-state index is 12.2. The number of amides is 1. The van der Waals surface area contributed by atoms with Gasteiger partial charge in [-0.25, -0.2) is 0 Å². The first-order valence-electron chi connectivity index (χ1n) is 5.82. The Bertz CT molecular complexity index is 624. The second-order valence-electron chi connectivity index (χ2n) is 4.47. The number of carbonyl (C=O) groups is 1. The van der Waals surface area contributed by atoms with Crippen LogP contribution in [0.2, 0.25) is 0 Å². The summed E-state index contributed by atoms with van der Waals surface area (Å²) in [6, 6.07) is 5.38. The number of nitrogens with one attached hydrogen (secondary N) is 1. The van der Waals surface area contributed by atoms with Gasteiger partial charge >= 0.3 is 0 Å². The topological polar surface area (TPSA) is 68.3 Å². The van der Waals surface area contributed by atoms with Gasteiger partial charge in [0.1, 0.15) is 11.5 Å². The van der Waals surface area contributed by atoms with E-state index in [9.17, 15) is 4.79 Å². The van der Waals surface area contributed by atoms with Crippen LogP contribution in [0.3, 0.4) is 0 Å². The molecule has 0 bridgehead atoms. The van der Waals surface area contributed by atoms with Crippen LogP contribution >= 0.6 is 15.9 Å². The molecule has 1 amide bonds. The van der Waals surface area contributed by atoms with E-state index < -0.39 is 0 Å². The summed E-state index contributed by atoms with van der Waals surface area (Å²) < 4.78 is 6.24. The lowest BCUT2D eigenvalue weighted by atomic mass is 10.1. The normalized spacial score (nSPS) is 10.5. The summed E-state index contributed by atoms with van der Waals surface area (Å²) in [6.45, 7) is 5.47. The number of hydrogen-bond donors (Lipinski definition) is 2. The Morgan fingerprint density at radius 1 is 1.26 bits per heavy atom. The Morgan fingerprint density at radius 2 is 1.95 bits per heavy atom. The lowest BCUT2D eigenvalue weighted by Crippen LogP contribution is -2.14. The molecule has 0 saturated carbocycles. The van der Waals surface area contributed by atoms with E-state index in [0.717, 1.165) is 10.0 Å². The van der Waals surface area contributed by atoms with E-state index in [1.54, 1.807) is 19.1 Å². The van der Waals surface area contributed by atoms with E-state index in [1.807, 2.05) is 19.9 Å². The maximum Gasteiger partial charge on any atom is 0.259 e. The van der Waals surface area contributed by atoms with Crippen LogP contribution in [0.15, 0.2) is 27.1 Å². The van der Waals surface area contributed by atoms with Crippen LogP contribution in [0.25, 0.3) is 0 Å². The maximum atomic E-state index is 12.2. The third-order valence-corrected chi connectivity index (χ3v) is 3.31. The van der Waals surface area contributed by atoms with E-state index in [0.29, 0.717) is 28.5 Å². The lowest BCUT2D eigenvalue weighted by Gasteiger charge is -2.11. The first-order chi connectivity index (χ1) is 8.88. The van der Waals surface area contributed by atoms with Gasteiger partial charge < -0.3 is 15.5 Å². The molecule has 0 aliphatic carbocycles. The predicted molar refractivity (Wildman–Crippen MR) is 79.4 cm³/mol. The first-order valence-corrected chi connectivity index (χ1v) is 6.62.